The van der Waals surface area contributed by atoms with Crippen LogP contribution >= 0.6 is 11.8 Å². The van der Waals surface area contributed by atoms with Crippen molar-refractivity contribution in [2.75, 3.05) is 0 Å². The molecule has 0 amide bonds. The van der Waals surface area contributed by atoms with E-state index in [0.29, 0.717) is 5.56 Å². The van der Waals surface area contributed by atoms with Gasteiger partial charge < -0.3 is 9.67 Å². The van der Waals surface area contributed by atoms with E-state index in [4.69, 9.17) is 10.4 Å². The van der Waals surface area contributed by atoms with Crippen molar-refractivity contribution in [2.24, 2.45) is 7.05 Å². The van der Waals surface area contributed by atoms with Crippen LogP contribution in [0.25, 0.3) is 0 Å². The van der Waals surface area contributed by atoms with Crippen LogP contribution < -0.4 is 0 Å². The van der Waals surface area contributed by atoms with E-state index in [1.165, 1.54) is 0 Å². The number of imidazole rings is 1. The fraction of sp³-hybridized carbons (Fsp3) is 0.231. The maximum Gasteiger partial charge on any atom is 0.168 e. The van der Waals surface area contributed by atoms with Crippen molar-refractivity contribution in [2.45, 2.75) is 17.5 Å². The highest BCUT2D eigenvalue weighted by molar-refractivity contribution is 7.98. The van der Waals surface area contributed by atoms with E-state index in [9.17, 15) is 0 Å². The van der Waals surface area contributed by atoms with Gasteiger partial charge in [0, 0.05) is 12.8 Å². The fourth-order valence-corrected chi connectivity index (χ4v) is 2.46. The SMILES string of the molecule is Cn1c(CO)cnc1SCc1ccc(C#N)cc1. The first-order chi connectivity index (χ1) is 8.74. The van der Waals surface area contributed by atoms with Gasteiger partial charge in [0.2, 0.25) is 0 Å². The Hall–Kier alpha value is -1.77. The van der Waals surface area contributed by atoms with Crippen LogP contribution in [0.3, 0.4) is 0 Å². The van der Waals surface area contributed by atoms with Gasteiger partial charge in [-0.15, -0.1) is 0 Å². The third kappa shape index (κ3) is 2.73. The lowest BCUT2D eigenvalue weighted by molar-refractivity contribution is 0.271. The lowest BCUT2D eigenvalue weighted by Crippen LogP contribution is -1.97. The van der Waals surface area contributed by atoms with Gasteiger partial charge in [-0.2, -0.15) is 5.26 Å². The summed E-state index contributed by atoms with van der Waals surface area (Å²) in [5.41, 5.74) is 2.62. The largest absolute Gasteiger partial charge is 0.390 e. The highest BCUT2D eigenvalue weighted by Gasteiger charge is 2.06. The van der Waals surface area contributed by atoms with Gasteiger partial charge in [0.15, 0.2) is 5.16 Å². The lowest BCUT2D eigenvalue weighted by Gasteiger charge is -2.04. The normalized spacial score (nSPS) is 10.3. The number of rotatable bonds is 4. The minimum atomic E-state index is 0.000919. The Morgan fingerprint density at radius 1 is 1.39 bits per heavy atom. The van der Waals surface area contributed by atoms with E-state index in [2.05, 4.69) is 11.1 Å². The number of aliphatic hydroxyl groups excluding tert-OH is 1. The third-order valence-electron chi connectivity index (χ3n) is 2.65. The number of hydrogen-bond donors (Lipinski definition) is 1. The van der Waals surface area contributed by atoms with E-state index < -0.39 is 0 Å². The summed E-state index contributed by atoms with van der Waals surface area (Å²) in [7, 11) is 1.89. The van der Waals surface area contributed by atoms with Crippen LogP contribution in [-0.2, 0) is 19.4 Å². The molecule has 1 aromatic carbocycles. The molecule has 0 fully saturated rings. The number of aromatic nitrogens is 2. The van der Waals surface area contributed by atoms with Crippen LogP contribution in [0.4, 0.5) is 0 Å². The van der Waals surface area contributed by atoms with Crippen molar-refractivity contribution in [3.05, 3.63) is 47.3 Å². The second-order valence-corrected chi connectivity index (χ2v) is 4.79. The quantitative estimate of drug-likeness (QED) is 0.854. The van der Waals surface area contributed by atoms with Gasteiger partial charge in [-0.05, 0) is 17.7 Å². The summed E-state index contributed by atoms with van der Waals surface area (Å²) in [6.45, 7) is 0.000919. The highest BCUT2D eigenvalue weighted by Crippen LogP contribution is 2.22. The maximum absolute atomic E-state index is 9.07. The smallest absolute Gasteiger partial charge is 0.168 e. The minimum absolute atomic E-state index is 0.000919. The first-order valence-corrected chi connectivity index (χ1v) is 6.46. The summed E-state index contributed by atoms with van der Waals surface area (Å²) in [5.74, 6) is 0.793. The van der Waals surface area contributed by atoms with Gasteiger partial charge in [-0.1, -0.05) is 23.9 Å². The molecule has 2 aromatic rings. The second kappa shape index (κ2) is 5.71. The number of hydrogen-bond acceptors (Lipinski definition) is 4. The molecule has 0 saturated carbocycles. The molecule has 5 heteroatoms. The topological polar surface area (TPSA) is 61.8 Å². The highest BCUT2D eigenvalue weighted by atomic mass is 32.2. The van der Waals surface area contributed by atoms with Gasteiger partial charge in [0.05, 0.1) is 30.1 Å². The Morgan fingerprint density at radius 3 is 2.67 bits per heavy atom. The monoisotopic (exact) mass is 259 g/mol. The molecule has 0 unspecified atom stereocenters. The molecule has 18 heavy (non-hydrogen) atoms. The summed E-state index contributed by atoms with van der Waals surface area (Å²) in [4.78, 5) is 4.25. The van der Waals surface area contributed by atoms with E-state index in [0.717, 1.165) is 22.2 Å². The molecule has 0 spiro atoms. The maximum atomic E-state index is 9.07. The predicted octanol–water partition coefficient (Wildman–Crippen LogP) is 2.08. The molecule has 0 aliphatic heterocycles. The standard InChI is InChI=1S/C13H13N3OS/c1-16-12(8-17)7-15-13(16)18-9-11-4-2-10(6-14)3-5-11/h2-5,7,17H,8-9H2,1H3. The molecule has 0 atom stereocenters. The molecule has 0 radical (unpaired) electrons. The Bertz CT molecular complexity index is 569. The summed E-state index contributed by atoms with van der Waals surface area (Å²) < 4.78 is 1.88. The summed E-state index contributed by atoms with van der Waals surface area (Å²) in [6, 6.07) is 9.61. The molecule has 0 saturated heterocycles. The number of nitrogens with zero attached hydrogens (tertiary/aromatic N) is 3. The van der Waals surface area contributed by atoms with E-state index in [1.54, 1.807) is 18.0 Å². The third-order valence-corrected chi connectivity index (χ3v) is 3.77. The van der Waals surface area contributed by atoms with Crippen LogP contribution in [0.15, 0.2) is 35.6 Å². The molecule has 1 heterocycles. The second-order valence-electron chi connectivity index (χ2n) is 3.85. The number of aliphatic hydroxyl groups is 1. The zero-order valence-corrected chi connectivity index (χ0v) is 10.8. The molecule has 1 aromatic heterocycles. The summed E-state index contributed by atoms with van der Waals surface area (Å²) >= 11 is 1.61. The summed E-state index contributed by atoms with van der Waals surface area (Å²) in [6.07, 6.45) is 1.68. The predicted molar refractivity (Wildman–Crippen MR) is 69.8 cm³/mol. The van der Waals surface area contributed by atoms with Crippen LogP contribution in [-0.4, -0.2) is 14.7 Å². The zero-order valence-electron chi connectivity index (χ0n) is 10.00. The lowest BCUT2D eigenvalue weighted by atomic mass is 10.2. The molecular weight excluding hydrogens is 246 g/mol. The molecule has 0 aliphatic rings. The molecule has 0 aliphatic carbocycles. The van der Waals surface area contributed by atoms with E-state index in [1.807, 2.05) is 35.9 Å². The van der Waals surface area contributed by atoms with Crippen LogP contribution in [0.5, 0.6) is 0 Å². The Morgan fingerprint density at radius 2 is 2.11 bits per heavy atom. The Balaban J connectivity index is 2.02. The average Bonchev–Trinajstić information content (AvgIpc) is 2.77. The average molecular weight is 259 g/mol. The molecular formula is C13H13N3OS. The Labute approximate surface area is 110 Å². The van der Waals surface area contributed by atoms with Crippen molar-refractivity contribution in [1.29, 1.82) is 5.26 Å². The molecule has 1 N–H and O–H groups in total. The molecule has 4 nitrogen and oxygen atoms in total. The van der Waals surface area contributed by atoms with Crippen molar-refractivity contribution in [3.8, 4) is 6.07 Å². The minimum Gasteiger partial charge on any atom is -0.390 e. The first-order valence-electron chi connectivity index (χ1n) is 5.48. The summed E-state index contributed by atoms with van der Waals surface area (Å²) in [5, 5.41) is 18.7. The molecule has 0 bridgehead atoms. The number of benzene rings is 1. The Kier molecular flexibility index (Phi) is 4.03. The van der Waals surface area contributed by atoms with Gasteiger partial charge in [0.25, 0.3) is 0 Å². The van der Waals surface area contributed by atoms with Crippen molar-refractivity contribution < 1.29 is 5.11 Å². The van der Waals surface area contributed by atoms with Crippen LogP contribution in [0, 0.1) is 11.3 Å². The van der Waals surface area contributed by atoms with E-state index in [-0.39, 0.29) is 6.61 Å². The van der Waals surface area contributed by atoms with Crippen LogP contribution in [0.2, 0.25) is 0 Å². The molecule has 2 rings (SSSR count). The first kappa shape index (κ1) is 12.7. The van der Waals surface area contributed by atoms with Crippen molar-refractivity contribution in [3.63, 3.8) is 0 Å². The van der Waals surface area contributed by atoms with E-state index >= 15 is 0 Å². The zero-order chi connectivity index (χ0) is 13.0. The van der Waals surface area contributed by atoms with Crippen molar-refractivity contribution >= 4 is 11.8 Å². The fourth-order valence-electron chi connectivity index (χ4n) is 1.53. The number of nitriles is 1. The number of thioether (sulfide) groups is 1. The van der Waals surface area contributed by atoms with Gasteiger partial charge >= 0.3 is 0 Å². The van der Waals surface area contributed by atoms with Crippen molar-refractivity contribution in [1.82, 2.24) is 9.55 Å². The van der Waals surface area contributed by atoms with Crippen LogP contribution in [0.1, 0.15) is 16.8 Å². The van der Waals surface area contributed by atoms with Gasteiger partial charge in [-0.3, -0.25) is 0 Å². The van der Waals surface area contributed by atoms with Gasteiger partial charge in [0.1, 0.15) is 0 Å². The van der Waals surface area contributed by atoms with Gasteiger partial charge in [-0.25, -0.2) is 4.98 Å². The molecule has 92 valence electrons.